The number of carbonyl (C=O) groups excluding carboxylic acids is 1. The van der Waals surface area contributed by atoms with Gasteiger partial charge in [-0.15, -0.1) is 0 Å². The second-order valence-electron chi connectivity index (χ2n) is 5.60. The molecule has 1 N–H and O–H groups in total. The van der Waals surface area contributed by atoms with Gasteiger partial charge in [0.15, 0.2) is 5.89 Å². The Kier molecular flexibility index (Phi) is 3.42. The highest BCUT2D eigenvalue weighted by molar-refractivity contribution is 5.93. The highest BCUT2D eigenvalue weighted by Gasteiger charge is 2.26. The van der Waals surface area contributed by atoms with E-state index in [2.05, 4.69) is 27.3 Å². The first-order chi connectivity index (χ1) is 11.3. The lowest BCUT2D eigenvalue weighted by molar-refractivity contribution is 0.0728. The molecule has 3 aromatic rings. The van der Waals surface area contributed by atoms with Gasteiger partial charge in [0.25, 0.3) is 5.91 Å². The fourth-order valence-electron chi connectivity index (χ4n) is 2.82. The Morgan fingerprint density at radius 1 is 1.30 bits per heavy atom. The maximum Gasteiger partial charge on any atom is 0.257 e. The number of aromatic nitrogens is 3. The van der Waals surface area contributed by atoms with E-state index in [0.29, 0.717) is 37.4 Å². The van der Waals surface area contributed by atoms with Gasteiger partial charge in [-0.3, -0.25) is 9.89 Å². The molecule has 1 aliphatic heterocycles. The van der Waals surface area contributed by atoms with Crippen LogP contribution < -0.4 is 0 Å². The Hall–Kier alpha value is -2.89. The number of benzene rings is 1. The maximum atomic E-state index is 12.4. The lowest BCUT2D eigenvalue weighted by Crippen LogP contribution is -2.35. The van der Waals surface area contributed by atoms with Crippen molar-refractivity contribution in [2.24, 2.45) is 0 Å². The summed E-state index contributed by atoms with van der Waals surface area (Å²) in [7, 11) is 0. The molecule has 3 heterocycles. The first-order valence-corrected chi connectivity index (χ1v) is 7.59. The lowest BCUT2D eigenvalue weighted by atomic mass is 10.1. The predicted octanol–water partition coefficient (Wildman–Crippen LogP) is 2.19. The Morgan fingerprint density at radius 2 is 2.17 bits per heavy atom. The molecule has 0 aliphatic carbocycles. The van der Waals surface area contributed by atoms with Crippen LogP contribution in [0.4, 0.5) is 0 Å². The zero-order valence-corrected chi connectivity index (χ0v) is 12.5. The van der Waals surface area contributed by atoms with Crippen LogP contribution in [0.25, 0.3) is 0 Å². The van der Waals surface area contributed by atoms with Crippen molar-refractivity contribution >= 4 is 5.91 Å². The Balaban J connectivity index is 1.51. The molecule has 23 heavy (non-hydrogen) atoms. The summed E-state index contributed by atoms with van der Waals surface area (Å²) in [6, 6.07) is 10.1. The molecule has 0 radical (unpaired) electrons. The van der Waals surface area contributed by atoms with Crippen molar-refractivity contribution in [1.82, 2.24) is 20.1 Å². The van der Waals surface area contributed by atoms with Gasteiger partial charge in [-0.1, -0.05) is 30.3 Å². The molecule has 1 aliphatic rings. The zero-order chi connectivity index (χ0) is 15.6. The van der Waals surface area contributed by atoms with Gasteiger partial charge in [0.2, 0.25) is 0 Å². The third kappa shape index (κ3) is 2.75. The van der Waals surface area contributed by atoms with E-state index >= 15 is 0 Å². The molecule has 4 rings (SSSR count). The van der Waals surface area contributed by atoms with Crippen molar-refractivity contribution in [3.05, 3.63) is 71.2 Å². The number of hydrogen-bond acceptors (Lipinski definition) is 4. The van der Waals surface area contributed by atoms with E-state index in [0.717, 1.165) is 17.0 Å². The van der Waals surface area contributed by atoms with Crippen molar-refractivity contribution in [2.45, 2.75) is 19.4 Å². The zero-order valence-electron chi connectivity index (χ0n) is 12.5. The lowest BCUT2D eigenvalue weighted by Gasteiger charge is -2.24. The SMILES string of the molecule is O=C(c1cn[nH]c1)N1CCc2oc(Cc3ccccc3)nc2C1. The van der Waals surface area contributed by atoms with Gasteiger partial charge >= 0.3 is 0 Å². The number of carbonyl (C=O) groups is 1. The summed E-state index contributed by atoms with van der Waals surface area (Å²) >= 11 is 0. The van der Waals surface area contributed by atoms with Crippen molar-refractivity contribution in [3.63, 3.8) is 0 Å². The molecule has 0 saturated heterocycles. The van der Waals surface area contributed by atoms with Crippen LogP contribution in [-0.4, -0.2) is 32.5 Å². The number of nitrogens with one attached hydrogen (secondary N) is 1. The van der Waals surface area contributed by atoms with Crippen LogP contribution in [0.15, 0.2) is 47.1 Å². The first-order valence-electron chi connectivity index (χ1n) is 7.59. The minimum atomic E-state index is -0.0305. The van der Waals surface area contributed by atoms with E-state index < -0.39 is 0 Å². The smallest absolute Gasteiger partial charge is 0.257 e. The quantitative estimate of drug-likeness (QED) is 0.805. The number of H-pyrrole nitrogens is 1. The minimum absolute atomic E-state index is 0.0305. The number of nitrogens with zero attached hydrogens (tertiary/aromatic N) is 3. The van der Waals surface area contributed by atoms with Gasteiger partial charge in [-0.05, 0) is 5.56 Å². The number of oxazole rings is 1. The highest BCUT2D eigenvalue weighted by atomic mass is 16.4. The molecule has 0 spiro atoms. The molecule has 116 valence electrons. The third-order valence-electron chi connectivity index (χ3n) is 4.00. The van der Waals surface area contributed by atoms with Crippen LogP contribution in [-0.2, 0) is 19.4 Å². The monoisotopic (exact) mass is 308 g/mol. The largest absolute Gasteiger partial charge is 0.445 e. The van der Waals surface area contributed by atoms with Gasteiger partial charge in [-0.2, -0.15) is 5.10 Å². The summed E-state index contributed by atoms with van der Waals surface area (Å²) in [5, 5.41) is 6.50. The van der Waals surface area contributed by atoms with E-state index in [1.165, 1.54) is 0 Å². The topological polar surface area (TPSA) is 75.0 Å². The minimum Gasteiger partial charge on any atom is -0.445 e. The van der Waals surface area contributed by atoms with Crippen LogP contribution in [0.1, 0.15) is 33.3 Å². The molecule has 0 saturated carbocycles. The van der Waals surface area contributed by atoms with Crippen LogP contribution >= 0.6 is 0 Å². The van der Waals surface area contributed by atoms with Crippen molar-refractivity contribution in [2.75, 3.05) is 6.54 Å². The van der Waals surface area contributed by atoms with Crippen molar-refractivity contribution in [1.29, 1.82) is 0 Å². The molecule has 1 amide bonds. The molecule has 0 fully saturated rings. The summed E-state index contributed by atoms with van der Waals surface area (Å²) in [5.41, 5.74) is 2.60. The molecule has 1 aromatic carbocycles. The van der Waals surface area contributed by atoms with Gasteiger partial charge < -0.3 is 9.32 Å². The fraction of sp³-hybridized carbons (Fsp3) is 0.235. The molecule has 6 heteroatoms. The molecular formula is C17H16N4O2. The van der Waals surface area contributed by atoms with Gasteiger partial charge in [0.1, 0.15) is 11.5 Å². The van der Waals surface area contributed by atoms with E-state index in [-0.39, 0.29) is 5.91 Å². The number of fused-ring (bicyclic) bond motifs is 1. The van der Waals surface area contributed by atoms with Gasteiger partial charge in [0.05, 0.1) is 18.3 Å². The highest BCUT2D eigenvalue weighted by Crippen LogP contribution is 2.22. The van der Waals surface area contributed by atoms with Crippen molar-refractivity contribution < 1.29 is 9.21 Å². The normalized spacial score (nSPS) is 13.8. The molecule has 2 aromatic heterocycles. The predicted molar refractivity (Wildman–Crippen MR) is 82.8 cm³/mol. The Labute approximate surface area is 133 Å². The van der Waals surface area contributed by atoms with Gasteiger partial charge in [-0.25, -0.2) is 4.98 Å². The number of rotatable bonds is 3. The molecule has 0 atom stereocenters. The average Bonchev–Trinajstić information content (AvgIpc) is 3.23. The number of aromatic amines is 1. The summed E-state index contributed by atoms with van der Waals surface area (Å²) < 4.78 is 5.86. The van der Waals surface area contributed by atoms with Crippen LogP contribution in [0.3, 0.4) is 0 Å². The van der Waals surface area contributed by atoms with Crippen molar-refractivity contribution in [3.8, 4) is 0 Å². The first kappa shape index (κ1) is 13.8. The van der Waals surface area contributed by atoms with Crippen LogP contribution in [0.5, 0.6) is 0 Å². The standard InChI is InChI=1S/C17H16N4O2/c22-17(13-9-18-19-10-13)21-7-6-15-14(11-21)20-16(23-15)8-12-4-2-1-3-5-12/h1-5,9-10H,6-8,11H2,(H,18,19). The fourth-order valence-corrected chi connectivity index (χ4v) is 2.82. The summed E-state index contributed by atoms with van der Waals surface area (Å²) in [6.45, 7) is 1.12. The average molecular weight is 308 g/mol. The Bertz CT molecular complexity index is 809. The summed E-state index contributed by atoms with van der Waals surface area (Å²) in [6.07, 6.45) is 4.52. The molecular weight excluding hydrogens is 292 g/mol. The van der Waals surface area contributed by atoms with Gasteiger partial charge in [0, 0.05) is 25.6 Å². The second-order valence-corrected chi connectivity index (χ2v) is 5.60. The van der Waals surface area contributed by atoms with E-state index in [4.69, 9.17) is 4.42 Å². The Morgan fingerprint density at radius 3 is 2.96 bits per heavy atom. The maximum absolute atomic E-state index is 12.4. The van der Waals surface area contributed by atoms with E-state index in [1.807, 2.05) is 18.2 Å². The number of hydrogen-bond donors (Lipinski definition) is 1. The number of amides is 1. The molecule has 0 bridgehead atoms. The molecule has 0 unspecified atom stereocenters. The third-order valence-corrected chi connectivity index (χ3v) is 4.00. The summed E-state index contributed by atoms with van der Waals surface area (Å²) in [4.78, 5) is 18.7. The van der Waals surface area contributed by atoms with Crippen LogP contribution in [0.2, 0.25) is 0 Å². The summed E-state index contributed by atoms with van der Waals surface area (Å²) in [5.74, 6) is 1.57. The molecule has 6 nitrogen and oxygen atoms in total. The van der Waals surface area contributed by atoms with E-state index in [9.17, 15) is 4.79 Å². The second kappa shape index (κ2) is 5.72. The van der Waals surface area contributed by atoms with E-state index in [1.54, 1.807) is 17.3 Å². The van der Waals surface area contributed by atoms with Crippen LogP contribution in [0, 0.1) is 0 Å².